The molecule has 1 N–H and O–H groups in total. The van der Waals surface area contributed by atoms with Crippen molar-refractivity contribution in [1.29, 1.82) is 0 Å². The Morgan fingerprint density at radius 2 is 1.59 bits per heavy atom. The van der Waals surface area contributed by atoms with Crippen LogP contribution in [0.5, 0.6) is 0 Å². The third kappa shape index (κ3) is 16.6. The summed E-state index contributed by atoms with van der Waals surface area (Å²) < 4.78 is 0. The van der Waals surface area contributed by atoms with Crippen molar-refractivity contribution < 1.29 is 4.79 Å². The van der Waals surface area contributed by atoms with Gasteiger partial charge in [0.2, 0.25) is 0 Å². The lowest BCUT2D eigenvalue weighted by molar-refractivity contribution is -0.113. The number of benzene rings is 2. The molecule has 0 amide bonds. The van der Waals surface area contributed by atoms with Crippen molar-refractivity contribution in [3.05, 3.63) is 114 Å². The third-order valence-electron chi connectivity index (χ3n) is 8.07. The molecule has 1 aliphatic carbocycles. The number of ketones is 1. The van der Waals surface area contributed by atoms with Crippen LogP contribution >= 0.6 is 0 Å². The zero-order valence-corrected chi connectivity index (χ0v) is 29.5. The Morgan fingerprint density at radius 3 is 2.09 bits per heavy atom. The van der Waals surface area contributed by atoms with Gasteiger partial charge in [-0.2, -0.15) is 0 Å². The highest BCUT2D eigenvalue weighted by Gasteiger charge is 2.17. The SMILES string of the molecule is C=C(CCCCCC)C(C)=O.C=C=C(C)C(/C=C(\C=C)C1CCCCC1)NC.CC.Cc1ccc(-c2ccccc2C)cc1. The normalized spacial score (nSPS) is 13.3. The molecule has 1 atom stereocenters. The average Bonchev–Trinajstić information content (AvgIpc) is 3.06. The van der Waals surface area contributed by atoms with Gasteiger partial charge in [-0.1, -0.05) is 145 Å². The van der Waals surface area contributed by atoms with Gasteiger partial charge in [0, 0.05) is 0 Å². The van der Waals surface area contributed by atoms with E-state index in [2.05, 4.69) is 113 Å². The first kappa shape index (κ1) is 40.8. The minimum atomic E-state index is 0.140. The molecule has 0 heterocycles. The molecule has 0 aliphatic heterocycles. The van der Waals surface area contributed by atoms with E-state index < -0.39 is 0 Å². The van der Waals surface area contributed by atoms with Crippen LogP contribution < -0.4 is 5.32 Å². The van der Waals surface area contributed by atoms with E-state index in [4.69, 9.17) is 0 Å². The fourth-order valence-corrected chi connectivity index (χ4v) is 5.11. The summed E-state index contributed by atoms with van der Waals surface area (Å²) in [6.07, 6.45) is 16.8. The van der Waals surface area contributed by atoms with Crippen molar-refractivity contribution >= 4 is 5.78 Å². The summed E-state index contributed by atoms with van der Waals surface area (Å²) in [6, 6.07) is 17.4. The molecule has 0 saturated heterocycles. The zero-order chi connectivity index (χ0) is 33.3. The Balaban J connectivity index is 0.000000626. The van der Waals surface area contributed by atoms with Crippen molar-refractivity contribution in [3.63, 3.8) is 0 Å². The maximum absolute atomic E-state index is 10.7. The summed E-state index contributed by atoms with van der Waals surface area (Å²) in [4.78, 5) is 10.7. The number of rotatable bonds is 12. The van der Waals surface area contributed by atoms with E-state index in [1.165, 1.54) is 79.2 Å². The van der Waals surface area contributed by atoms with E-state index in [0.29, 0.717) is 5.92 Å². The van der Waals surface area contributed by atoms with Crippen LogP contribution in [0.25, 0.3) is 11.1 Å². The molecule has 2 nitrogen and oxygen atoms in total. The molecule has 2 heteroatoms. The summed E-state index contributed by atoms with van der Waals surface area (Å²) in [7, 11) is 1.98. The molecule has 0 radical (unpaired) electrons. The van der Waals surface area contributed by atoms with Gasteiger partial charge in [0.1, 0.15) is 0 Å². The van der Waals surface area contributed by atoms with Crippen molar-refractivity contribution in [2.24, 2.45) is 5.92 Å². The van der Waals surface area contributed by atoms with Gasteiger partial charge in [-0.3, -0.25) is 4.79 Å². The first-order valence-corrected chi connectivity index (χ1v) is 16.9. The maximum Gasteiger partial charge on any atom is 0.155 e. The second-order valence-corrected chi connectivity index (χ2v) is 11.5. The second kappa shape index (κ2) is 25.2. The van der Waals surface area contributed by atoms with E-state index in [9.17, 15) is 4.79 Å². The van der Waals surface area contributed by atoms with Crippen LogP contribution in [0, 0.1) is 19.8 Å². The molecule has 0 spiro atoms. The van der Waals surface area contributed by atoms with Gasteiger partial charge < -0.3 is 5.32 Å². The third-order valence-corrected chi connectivity index (χ3v) is 8.07. The fraction of sp³-hybridized carbons (Fsp3) is 0.476. The Bertz CT molecular complexity index is 1170. The van der Waals surface area contributed by atoms with Gasteiger partial charge in [-0.25, -0.2) is 0 Å². The zero-order valence-electron chi connectivity index (χ0n) is 29.5. The standard InChI is InChI=1S/C16H25N.C14H14.C10H18O.C2H6/c1-5-13(3)16(17-4)12-14(6-2)15-10-8-7-9-11-15;1-11-7-9-13(10-8-11)14-6-4-3-5-12(14)2;1-4-5-6-7-8-9(2)10(3)11;1-2/h6,12,15-17H,1-2,7-11H2,3-4H3;3-10H,1-2H3;2,4-8H2,1,3H3;1-2H3/b14-12+;;;. The van der Waals surface area contributed by atoms with Gasteiger partial charge in [-0.15, -0.1) is 5.73 Å². The number of hydrogen-bond donors (Lipinski definition) is 1. The molecular weight excluding hydrogens is 534 g/mol. The summed E-state index contributed by atoms with van der Waals surface area (Å²) in [5.41, 5.74) is 11.5. The Morgan fingerprint density at radius 1 is 0.977 bits per heavy atom. The Hall–Kier alpha value is -3.19. The van der Waals surface area contributed by atoms with Crippen LogP contribution in [0.4, 0.5) is 0 Å². The van der Waals surface area contributed by atoms with Gasteiger partial charge in [0.25, 0.3) is 0 Å². The number of nitrogens with one attached hydrogen (secondary N) is 1. The highest BCUT2D eigenvalue weighted by Crippen LogP contribution is 2.30. The highest BCUT2D eigenvalue weighted by molar-refractivity contribution is 5.92. The van der Waals surface area contributed by atoms with Crippen LogP contribution in [-0.2, 0) is 4.79 Å². The largest absolute Gasteiger partial charge is 0.310 e. The molecular formula is C42H63NO. The van der Waals surface area contributed by atoms with E-state index in [0.717, 1.165) is 24.0 Å². The monoisotopic (exact) mass is 597 g/mol. The number of likely N-dealkylation sites (N-methyl/N-ethyl adjacent to an activating group) is 1. The van der Waals surface area contributed by atoms with Crippen LogP contribution in [0.3, 0.4) is 0 Å². The van der Waals surface area contributed by atoms with Crippen LogP contribution in [-0.4, -0.2) is 18.9 Å². The molecule has 0 bridgehead atoms. The Labute approximate surface area is 272 Å². The fourth-order valence-electron chi connectivity index (χ4n) is 5.11. The topological polar surface area (TPSA) is 29.1 Å². The average molecular weight is 598 g/mol. The lowest BCUT2D eigenvalue weighted by Crippen LogP contribution is -2.25. The van der Waals surface area contributed by atoms with Gasteiger partial charge in [0.15, 0.2) is 5.78 Å². The lowest BCUT2D eigenvalue weighted by atomic mass is 9.82. The Kier molecular flexibility index (Phi) is 23.3. The van der Waals surface area contributed by atoms with Crippen molar-refractivity contribution in [3.8, 4) is 11.1 Å². The summed E-state index contributed by atoms with van der Waals surface area (Å²) >= 11 is 0. The maximum atomic E-state index is 10.7. The minimum Gasteiger partial charge on any atom is -0.310 e. The number of unbranched alkanes of at least 4 members (excludes halogenated alkanes) is 3. The molecule has 3 rings (SSSR count). The summed E-state index contributed by atoms with van der Waals surface area (Å²) in [6.45, 7) is 25.5. The van der Waals surface area contributed by atoms with Gasteiger partial charge >= 0.3 is 0 Å². The molecule has 1 unspecified atom stereocenters. The molecule has 2 aromatic carbocycles. The minimum absolute atomic E-state index is 0.140. The highest BCUT2D eigenvalue weighted by atomic mass is 16.1. The van der Waals surface area contributed by atoms with Crippen molar-refractivity contribution in [1.82, 2.24) is 5.32 Å². The van der Waals surface area contributed by atoms with Gasteiger partial charge in [-0.05, 0) is 99.8 Å². The molecule has 44 heavy (non-hydrogen) atoms. The molecule has 1 fully saturated rings. The molecule has 2 aromatic rings. The van der Waals surface area contributed by atoms with Crippen molar-refractivity contribution in [2.45, 2.75) is 119 Å². The quantitative estimate of drug-likeness (QED) is 0.114. The van der Waals surface area contributed by atoms with Crippen molar-refractivity contribution in [2.75, 3.05) is 7.05 Å². The first-order chi connectivity index (χ1) is 21.2. The number of aryl methyl sites for hydroxylation is 2. The van der Waals surface area contributed by atoms with Crippen LogP contribution in [0.2, 0.25) is 0 Å². The molecule has 1 saturated carbocycles. The van der Waals surface area contributed by atoms with Crippen LogP contribution in [0.15, 0.2) is 103 Å². The number of allylic oxidation sites excluding steroid dienone is 3. The predicted molar refractivity (Wildman–Crippen MR) is 197 cm³/mol. The lowest BCUT2D eigenvalue weighted by Gasteiger charge is -2.24. The summed E-state index contributed by atoms with van der Waals surface area (Å²) in [5, 5.41) is 3.29. The van der Waals surface area contributed by atoms with E-state index in [-0.39, 0.29) is 11.8 Å². The predicted octanol–water partition coefficient (Wildman–Crippen LogP) is 12.1. The first-order valence-electron chi connectivity index (χ1n) is 16.9. The van der Waals surface area contributed by atoms with Gasteiger partial charge in [0.05, 0.1) is 6.04 Å². The van der Waals surface area contributed by atoms with E-state index in [1.54, 1.807) is 6.92 Å². The molecule has 1 aliphatic rings. The molecule has 242 valence electrons. The van der Waals surface area contributed by atoms with Crippen LogP contribution in [0.1, 0.15) is 110 Å². The number of Topliss-reactive ketones (excluding diaryl/α,β-unsaturated/α-hetero) is 1. The molecule has 0 aromatic heterocycles. The number of hydrogen-bond acceptors (Lipinski definition) is 2. The summed E-state index contributed by atoms with van der Waals surface area (Å²) in [5.74, 6) is 0.844. The second-order valence-electron chi connectivity index (χ2n) is 11.5. The number of carbonyl (C=O) groups excluding carboxylic acids is 1. The van der Waals surface area contributed by atoms with E-state index in [1.807, 2.05) is 27.0 Å². The van der Waals surface area contributed by atoms with E-state index >= 15 is 0 Å². The number of carbonyl (C=O) groups is 1. The smallest absolute Gasteiger partial charge is 0.155 e.